The average Bonchev–Trinajstić information content (AvgIpc) is 2.69. The second-order valence-corrected chi connectivity index (χ2v) is 6.30. The van der Waals surface area contributed by atoms with Gasteiger partial charge in [-0.25, -0.2) is 9.78 Å². The van der Waals surface area contributed by atoms with Crippen LogP contribution < -0.4 is 21.3 Å². The first-order chi connectivity index (χ1) is 14.0. The van der Waals surface area contributed by atoms with Crippen molar-refractivity contribution >= 4 is 34.8 Å². The van der Waals surface area contributed by atoms with Gasteiger partial charge >= 0.3 is 6.03 Å². The van der Waals surface area contributed by atoms with Crippen LogP contribution in [0.5, 0.6) is 0 Å². The molecule has 29 heavy (non-hydrogen) atoms. The van der Waals surface area contributed by atoms with Crippen molar-refractivity contribution < 1.29 is 9.59 Å². The lowest BCUT2D eigenvalue weighted by atomic mass is 10.2. The summed E-state index contributed by atoms with van der Waals surface area (Å²) < 4.78 is 0. The number of carbonyl (C=O) groups is 2. The molecule has 0 unspecified atom stereocenters. The highest BCUT2D eigenvalue weighted by atomic mass is 16.2. The first-order valence-electron chi connectivity index (χ1n) is 9.15. The lowest BCUT2D eigenvalue weighted by Crippen LogP contribution is -2.28. The Morgan fingerprint density at radius 2 is 1.76 bits per heavy atom. The van der Waals surface area contributed by atoms with E-state index in [1.807, 2.05) is 50.2 Å². The zero-order valence-corrected chi connectivity index (χ0v) is 16.2. The molecular formula is C21H22N6O2. The maximum Gasteiger partial charge on any atom is 0.320 e. The number of aryl methyl sites for hydroxylation is 1. The van der Waals surface area contributed by atoms with Crippen LogP contribution in [0.4, 0.5) is 27.7 Å². The second kappa shape index (κ2) is 9.32. The molecule has 2 aromatic heterocycles. The average molecular weight is 390 g/mol. The molecule has 0 radical (unpaired) electrons. The number of rotatable bonds is 6. The summed E-state index contributed by atoms with van der Waals surface area (Å²) in [6.45, 7) is 4.21. The number of anilines is 4. The summed E-state index contributed by atoms with van der Waals surface area (Å²) in [5.74, 6) is -0.0176. The van der Waals surface area contributed by atoms with Gasteiger partial charge in [0.15, 0.2) is 0 Å². The molecule has 148 valence electrons. The third kappa shape index (κ3) is 5.52. The third-order valence-electron chi connectivity index (χ3n) is 3.91. The van der Waals surface area contributed by atoms with Crippen molar-refractivity contribution in [1.29, 1.82) is 0 Å². The largest absolute Gasteiger partial charge is 0.355 e. The quantitative estimate of drug-likeness (QED) is 0.510. The molecule has 3 amide bonds. The Bertz CT molecular complexity index is 1010. The van der Waals surface area contributed by atoms with Gasteiger partial charge in [-0.3, -0.25) is 15.1 Å². The van der Waals surface area contributed by atoms with Crippen LogP contribution in [0, 0.1) is 6.92 Å². The van der Waals surface area contributed by atoms with Crippen LogP contribution in [-0.2, 0) is 0 Å². The van der Waals surface area contributed by atoms with E-state index in [-0.39, 0.29) is 11.9 Å². The maximum absolute atomic E-state index is 12.9. The van der Waals surface area contributed by atoms with Gasteiger partial charge in [-0.2, -0.15) is 0 Å². The van der Waals surface area contributed by atoms with E-state index < -0.39 is 0 Å². The number of benzene rings is 1. The van der Waals surface area contributed by atoms with E-state index in [0.717, 1.165) is 11.3 Å². The number of hydrogen-bond donors (Lipinski definition) is 4. The Balaban J connectivity index is 1.89. The summed E-state index contributed by atoms with van der Waals surface area (Å²) in [5.41, 5.74) is 3.16. The molecule has 0 atom stereocenters. The standard InChI is InChI=1S/C21H22N6O2/c1-3-23-21(29)27-19-10-18(25-15-7-5-4-6-8-15)17(13-24-19)20(28)26-16-9-14(2)11-22-12-16/h4-13H,3H2,1-2H3,(H,26,28)(H3,23,24,25,27,29). The zero-order chi connectivity index (χ0) is 20.6. The van der Waals surface area contributed by atoms with E-state index in [1.165, 1.54) is 6.20 Å². The van der Waals surface area contributed by atoms with Gasteiger partial charge in [0.2, 0.25) is 0 Å². The van der Waals surface area contributed by atoms with Gasteiger partial charge in [-0.1, -0.05) is 18.2 Å². The van der Waals surface area contributed by atoms with Crippen LogP contribution in [0.25, 0.3) is 0 Å². The van der Waals surface area contributed by atoms with Gasteiger partial charge in [-0.05, 0) is 37.6 Å². The molecule has 0 fully saturated rings. The predicted octanol–water partition coefficient (Wildman–Crippen LogP) is 3.92. The highest BCUT2D eigenvalue weighted by Gasteiger charge is 2.15. The van der Waals surface area contributed by atoms with Gasteiger partial charge in [0.1, 0.15) is 5.82 Å². The summed E-state index contributed by atoms with van der Waals surface area (Å²) >= 11 is 0. The predicted molar refractivity (Wildman–Crippen MR) is 114 cm³/mol. The first-order valence-corrected chi connectivity index (χ1v) is 9.15. The molecule has 8 heteroatoms. The summed E-state index contributed by atoms with van der Waals surface area (Å²) in [6, 6.07) is 12.5. The van der Waals surface area contributed by atoms with Crippen molar-refractivity contribution in [3.8, 4) is 0 Å². The van der Waals surface area contributed by atoms with Crippen molar-refractivity contribution in [1.82, 2.24) is 15.3 Å². The SMILES string of the molecule is CCNC(=O)Nc1cc(Nc2ccccc2)c(C(=O)Nc2cncc(C)c2)cn1. The molecule has 0 spiro atoms. The van der Waals surface area contributed by atoms with Crippen LogP contribution in [0.1, 0.15) is 22.8 Å². The summed E-state index contributed by atoms with van der Waals surface area (Å²) in [4.78, 5) is 32.9. The van der Waals surface area contributed by atoms with E-state index in [9.17, 15) is 9.59 Å². The lowest BCUT2D eigenvalue weighted by Gasteiger charge is -2.14. The monoisotopic (exact) mass is 390 g/mol. The molecule has 8 nitrogen and oxygen atoms in total. The van der Waals surface area contributed by atoms with Crippen LogP contribution >= 0.6 is 0 Å². The van der Waals surface area contributed by atoms with Crippen molar-refractivity contribution in [2.75, 3.05) is 22.5 Å². The number of hydrogen-bond acceptors (Lipinski definition) is 5. The number of pyridine rings is 2. The maximum atomic E-state index is 12.9. The van der Waals surface area contributed by atoms with E-state index in [1.54, 1.807) is 18.5 Å². The molecule has 1 aromatic carbocycles. The fourth-order valence-corrected chi connectivity index (χ4v) is 2.63. The van der Waals surface area contributed by atoms with Gasteiger partial charge in [0.25, 0.3) is 5.91 Å². The van der Waals surface area contributed by atoms with E-state index >= 15 is 0 Å². The Morgan fingerprint density at radius 3 is 2.48 bits per heavy atom. The summed E-state index contributed by atoms with van der Waals surface area (Å²) in [5, 5.41) is 11.3. The Labute approximate surface area is 168 Å². The molecule has 3 aromatic rings. The molecule has 2 heterocycles. The number of nitrogens with zero attached hydrogens (tertiary/aromatic N) is 2. The molecule has 3 rings (SSSR count). The van der Waals surface area contributed by atoms with Crippen LogP contribution in [0.15, 0.2) is 61.1 Å². The van der Waals surface area contributed by atoms with Crippen molar-refractivity contribution in [3.05, 3.63) is 72.2 Å². The lowest BCUT2D eigenvalue weighted by molar-refractivity contribution is 0.102. The van der Waals surface area contributed by atoms with Gasteiger partial charge < -0.3 is 16.0 Å². The van der Waals surface area contributed by atoms with E-state index in [4.69, 9.17) is 0 Å². The smallest absolute Gasteiger partial charge is 0.320 e. The molecular weight excluding hydrogens is 368 g/mol. The van der Waals surface area contributed by atoms with Gasteiger partial charge in [0.05, 0.1) is 23.1 Å². The van der Waals surface area contributed by atoms with Crippen molar-refractivity contribution in [3.63, 3.8) is 0 Å². The van der Waals surface area contributed by atoms with E-state index in [0.29, 0.717) is 29.3 Å². The highest BCUT2D eigenvalue weighted by molar-refractivity contribution is 6.08. The number of amides is 3. The first kappa shape index (κ1) is 19.8. The minimum absolute atomic E-state index is 0.322. The fraction of sp³-hybridized carbons (Fsp3) is 0.143. The van der Waals surface area contributed by atoms with Crippen LogP contribution in [0.2, 0.25) is 0 Å². The van der Waals surface area contributed by atoms with Crippen molar-refractivity contribution in [2.45, 2.75) is 13.8 Å². The molecule has 0 saturated heterocycles. The number of para-hydroxylation sites is 1. The number of urea groups is 1. The minimum atomic E-state index is -0.367. The molecule has 0 bridgehead atoms. The third-order valence-corrected chi connectivity index (χ3v) is 3.91. The molecule has 0 aliphatic heterocycles. The number of carbonyl (C=O) groups excluding carboxylic acids is 2. The topological polar surface area (TPSA) is 108 Å². The zero-order valence-electron chi connectivity index (χ0n) is 16.2. The van der Waals surface area contributed by atoms with Gasteiger partial charge in [0, 0.05) is 30.7 Å². The van der Waals surface area contributed by atoms with Crippen LogP contribution in [0.3, 0.4) is 0 Å². The second-order valence-electron chi connectivity index (χ2n) is 6.30. The summed E-state index contributed by atoms with van der Waals surface area (Å²) in [6.07, 6.45) is 4.71. The Morgan fingerprint density at radius 1 is 0.966 bits per heavy atom. The normalized spacial score (nSPS) is 10.1. The minimum Gasteiger partial charge on any atom is -0.355 e. The Kier molecular flexibility index (Phi) is 6.36. The van der Waals surface area contributed by atoms with Crippen LogP contribution in [-0.4, -0.2) is 28.5 Å². The number of aromatic nitrogens is 2. The molecule has 0 aliphatic rings. The Hall–Kier alpha value is -3.94. The van der Waals surface area contributed by atoms with E-state index in [2.05, 4.69) is 31.2 Å². The molecule has 0 aliphatic carbocycles. The summed E-state index contributed by atoms with van der Waals surface area (Å²) in [7, 11) is 0. The number of nitrogens with one attached hydrogen (secondary N) is 4. The molecule has 0 saturated carbocycles. The van der Waals surface area contributed by atoms with Crippen molar-refractivity contribution in [2.24, 2.45) is 0 Å². The highest BCUT2D eigenvalue weighted by Crippen LogP contribution is 2.24. The molecule has 4 N–H and O–H groups in total. The van der Waals surface area contributed by atoms with Gasteiger partial charge in [-0.15, -0.1) is 0 Å². The fourth-order valence-electron chi connectivity index (χ4n) is 2.63.